The SMILES string of the molecule is CCC(Sc1nnc(C)s1)C(=O)n1c2c(c3ccccc31)CCCC2. The van der Waals surface area contributed by atoms with Gasteiger partial charge in [0.2, 0.25) is 5.91 Å². The summed E-state index contributed by atoms with van der Waals surface area (Å²) in [5.41, 5.74) is 3.67. The predicted molar refractivity (Wildman–Crippen MR) is 104 cm³/mol. The normalized spacial score (nSPS) is 15.3. The molecule has 2 aromatic heterocycles. The Morgan fingerprint density at radius 2 is 2.08 bits per heavy atom. The summed E-state index contributed by atoms with van der Waals surface area (Å²) < 4.78 is 2.88. The molecule has 0 amide bonds. The van der Waals surface area contributed by atoms with Gasteiger partial charge in [-0.05, 0) is 50.7 Å². The predicted octanol–water partition coefficient (Wildman–Crippen LogP) is 4.89. The average Bonchev–Trinajstić information content (AvgIpc) is 3.20. The molecule has 0 spiro atoms. The minimum atomic E-state index is -0.130. The minimum Gasteiger partial charge on any atom is -0.283 e. The molecular formula is C19H21N3OS2. The highest BCUT2D eigenvalue weighted by Gasteiger charge is 2.28. The zero-order chi connectivity index (χ0) is 17.4. The number of thioether (sulfide) groups is 1. The first-order valence-corrected chi connectivity index (χ1v) is 10.5. The molecule has 0 saturated carbocycles. The Balaban J connectivity index is 1.76. The summed E-state index contributed by atoms with van der Waals surface area (Å²) in [6, 6.07) is 8.34. The first kappa shape index (κ1) is 16.8. The van der Waals surface area contributed by atoms with Gasteiger partial charge in [0, 0.05) is 11.1 Å². The van der Waals surface area contributed by atoms with Gasteiger partial charge in [-0.15, -0.1) is 10.2 Å². The summed E-state index contributed by atoms with van der Waals surface area (Å²) in [7, 11) is 0. The van der Waals surface area contributed by atoms with Gasteiger partial charge in [0.05, 0.1) is 10.8 Å². The molecule has 0 aliphatic heterocycles. The van der Waals surface area contributed by atoms with E-state index < -0.39 is 0 Å². The van der Waals surface area contributed by atoms with Gasteiger partial charge in [-0.3, -0.25) is 9.36 Å². The zero-order valence-corrected chi connectivity index (χ0v) is 16.1. The van der Waals surface area contributed by atoms with Gasteiger partial charge < -0.3 is 0 Å². The van der Waals surface area contributed by atoms with Gasteiger partial charge in [-0.2, -0.15) is 0 Å². The van der Waals surface area contributed by atoms with E-state index >= 15 is 0 Å². The van der Waals surface area contributed by atoms with Crippen LogP contribution in [0.15, 0.2) is 28.6 Å². The maximum Gasteiger partial charge on any atom is 0.244 e. The van der Waals surface area contributed by atoms with Crippen molar-refractivity contribution in [2.75, 3.05) is 0 Å². The summed E-state index contributed by atoms with van der Waals surface area (Å²) in [5.74, 6) is 0.180. The number of fused-ring (bicyclic) bond motifs is 3. The van der Waals surface area contributed by atoms with Gasteiger partial charge in [-0.25, -0.2) is 0 Å². The molecule has 1 aliphatic rings. The molecule has 130 valence electrons. The van der Waals surface area contributed by atoms with Crippen molar-refractivity contribution in [3.63, 3.8) is 0 Å². The van der Waals surface area contributed by atoms with E-state index in [9.17, 15) is 4.79 Å². The molecule has 4 rings (SSSR count). The number of para-hydroxylation sites is 1. The van der Waals surface area contributed by atoms with Crippen LogP contribution >= 0.6 is 23.1 Å². The Morgan fingerprint density at radius 1 is 1.28 bits per heavy atom. The van der Waals surface area contributed by atoms with Gasteiger partial charge in [0.25, 0.3) is 0 Å². The van der Waals surface area contributed by atoms with Crippen LogP contribution in [0.5, 0.6) is 0 Å². The highest BCUT2D eigenvalue weighted by Crippen LogP contribution is 2.35. The number of carbonyl (C=O) groups is 1. The molecule has 25 heavy (non-hydrogen) atoms. The number of aryl methyl sites for hydroxylation is 2. The van der Waals surface area contributed by atoms with E-state index in [1.807, 2.05) is 17.6 Å². The van der Waals surface area contributed by atoms with Crippen LogP contribution in [0.1, 0.15) is 47.2 Å². The molecule has 0 fully saturated rings. The molecule has 4 nitrogen and oxygen atoms in total. The van der Waals surface area contributed by atoms with E-state index in [2.05, 4.69) is 35.3 Å². The molecule has 0 radical (unpaired) electrons. The van der Waals surface area contributed by atoms with Gasteiger partial charge in [0.1, 0.15) is 5.01 Å². The summed E-state index contributed by atoms with van der Waals surface area (Å²) in [5, 5.41) is 10.3. The van der Waals surface area contributed by atoms with Crippen molar-refractivity contribution in [2.24, 2.45) is 0 Å². The van der Waals surface area contributed by atoms with Crippen molar-refractivity contribution in [3.8, 4) is 0 Å². The van der Waals surface area contributed by atoms with E-state index in [0.29, 0.717) is 0 Å². The van der Waals surface area contributed by atoms with Crippen molar-refractivity contribution in [2.45, 2.75) is 55.5 Å². The maximum atomic E-state index is 13.4. The Bertz CT molecular complexity index is 928. The second-order valence-electron chi connectivity index (χ2n) is 6.42. The number of hydrogen-bond donors (Lipinski definition) is 0. The van der Waals surface area contributed by atoms with Crippen LogP contribution in [-0.2, 0) is 12.8 Å². The Morgan fingerprint density at radius 3 is 2.84 bits per heavy atom. The molecule has 3 aromatic rings. The van der Waals surface area contributed by atoms with E-state index in [4.69, 9.17) is 0 Å². The van der Waals surface area contributed by atoms with Gasteiger partial charge in [-0.1, -0.05) is 48.2 Å². The number of hydrogen-bond acceptors (Lipinski definition) is 5. The smallest absolute Gasteiger partial charge is 0.244 e. The second kappa shape index (κ2) is 6.92. The lowest BCUT2D eigenvalue weighted by molar-refractivity contribution is 0.0910. The maximum absolute atomic E-state index is 13.4. The molecule has 2 heterocycles. The lowest BCUT2D eigenvalue weighted by Gasteiger charge is -2.18. The van der Waals surface area contributed by atoms with Crippen molar-refractivity contribution < 1.29 is 4.79 Å². The lowest BCUT2D eigenvalue weighted by atomic mass is 9.95. The van der Waals surface area contributed by atoms with Crippen LogP contribution in [0.3, 0.4) is 0 Å². The summed E-state index contributed by atoms with van der Waals surface area (Å²) >= 11 is 3.11. The molecule has 6 heteroatoms. The molecular weight excluding hydrogens is 350 g/mol. The van der Waals surface area contributed by atoms with Crippen LogP contribution in [0, 0.1) is 6.92 Å². The summed E-state index contributed by atoms with van der Waals surface area (Å²) in [6.07, 6.45) is 5.23. The van der Waals surface area contributed by atoms with Crippen LogP contribution < -0.4 is 0 Å². The van der Waals surface area contributed by atoms with Crippen molar-refractivity contribution in [3.05, 3.63) is 40.5 Å². The molecule has 0 N–H and O–H groups in total. The second-order valence-corrected chi connectivity index (χ2v) is 9.06. The highest BCUT2D eigenvalue weighted by molar-refractivity contribution is 8.02. The lowest BCUT2D eigenvalue weighted by Crippen LogP contribution is -2.26. The Labute approximate surface area is 155 Å². The van der Waals surface area contributed by atoms with E-state index in [1.54, 1.807) is 23.1 Å². The quantitative estimate of drug-likeness (QED) is 0.613. The Kier molecular flexibility index (Phi) is 4.65. The van der Waals surface area contributed by atoms with Crippen LogP contribution in [0.2, 0.25) is 0 Å². The van der Waals surface area contributed by atoms with Crippen molar-refractivity contribution in [1.82, 2.24) is 14.8 Å². The topological polar surface area (TPSA) is 47.8 Å². The fourth-order valence-electron chi connectivity index (χ4n) is 3.65. The monoisotopic (exact) mass is 371 g/mol. The summed E-state index contributed by atoms with van der Waals surface area (Å²) in [6.45, 7) is 4.02. The van der Waals surface area contributed by atoms with E-state index in [0.717, 1.165) is 40.5 Å². The fourth-order valence-corrected chi connectivity index (χ4v) is 5.67. The minimum absolute atomic E-state index is 0.130. The third-order valence-electron chi connectivity index (χ3n) is 4.80. The first-order valence-electron chi connectivity index (χ1n) is 8.81. The van der Waals surface area contributed by atoms with Crippen molar-refractivity contribution in [1.29, 1.82) is 0 Å². The van der Waals surface area contributed by atoms with Crippen LogP contribution in [-0.4, -0.2) is 25.9 Å². The molecule has 1 unspecified atom stereocenters. The number of carbonyl (C=O) groups excluding carboxylic acids is 1. The molecule has 0 bridgehead atoms. The molecule has 1 aromatic carbocycles. The standard InChI is InChI=1S/C19H21N3OS2/c1-3-17(25-19-21-20-12(2)24-19)18(23)22-15-10-6-4-8-13(15)14-9-5-7-11-16(14)22/h4,6,8,10,17H,3,5,7,9,11H2,1-2H3. The van der Waals surface area contributed by atoms with Crippen LogP contribution in [0.25, 0.3) is 10.9 Å². The summed E-state index contributed by atoms with van der Waals surface area (Å²) in [4.78, 5) is 13.4. The Hall–Kier alpha value is -1.66. The van der Waals surface area contributed by atoms with Crippen molar-refractivity contribution >= 4 is 39.9 Å². The molecule has 1 aliphatic carbocycles. The number of aromatic nitrogens is 3. The van der Waals surface area contributed by atoms with E-state index in [1.165, 1.54) is 23.1 Å². The highest BCUT2D eigenvalue weighted by atomic mass is 32.2. The first-order chi connectivity index (χ1) is 12.2. The van der Waals surface area contributed by atoms with Crippen LogP contribution in [0.4, 0.5) is 0 Å². The zero-order valence-electron chi connectivity index (χ0n) is 14.5. The number of rotatable bonds is 4. The van der Waals surface area contributed by atoms with Gasteiger partial charge >= 0.3 is 0 Å². The van der Waals surface area contributed by atoms with Gasteiger partial charge in [0.15, 0.2) is 4.34 Å². The molecule has 1 atom stereocenters. The molecule has 0 saturated heterocycles. The number of benzene rings is 1. The largest absolute Gasteiger partial charge is 0.283 e. The third-order valence-corrected chi connectivity index (χ3v) is 7.07. The third kappa shape index (κ3) is 3.02. The number of nitrogens with zero attached hydrogens (tertiary/aromatic N) is 3. The fraction of sp³-hybridized carbons (Fsp3) is 0.421. The average molecular weight is 372 g/mol. The van der Waals surface area contributed by atoms with E-state index in [-0.39, 0.29) is 11.2 Å².